The molecule has 1 aliphatic heterocycles. The zero-order valence-corrected chi connectivity index (χ0v) is 8.61. The molecule has 0 spiro atoms. The first-order valence-electron chi connectivity index (χ1n) is 5.02. The Morgan fingerprint density at radius 3 is 2.64 bits per heavy atom. The summed E-state index contributed by atoms with van der Waals surface area (Å²) in [4.78, 5) is 15.2. The lowest BCUT2D eigenvalue weighted by Gasteiger charge is -2.32. The van der Waals surface area contributed by atoms with E-state index in [4.69, 9.17) is 9.84 Å². The van der Waals surface area contributed by atoms with Crippen LogP contribution in [0, 0.1) is 0 Å². The molecule has 5 heteroatoms. The SMILES string of the molecule is CCN(CCO)C(=O)N1CCOCC1. The molecule has 0 bridgehead atoms. The Bertz CT molecular complexity index is 174. The van der Waals surface area contributed by atoms with Crippen LogP contribution in [-0.2, 0) is 4.74 Å². The van der Waals surface area contributed by atoms with Crippen molar-refractivity contribution in [3.8, 4) is 0 Å². The first-order chi connectivity index (χ1) is 6.79. The first kappa shape index (κ1) is 11.3. The Morgan fingerprint density at radius 1 is 1.50 bits per heavy atom. The van der Waals surface area contributed by atoms with Crippen molar-refractivity contribution in [3.63, 3.8) is 0 Å². The van der Waals surface area contributed by atoms with Gasteiger partial charge in [-0.05, 0) is 6.92 Å². The average molecular weight is 202 g/mol. The van der Waals surface area contributed by atoms with Crippen molar-refractivity contribution in [2.75, 3.05) is 46.0 Å². The van der Waals surface area contributed by atoms with Crippen molar-refractivity contribution in [3.05, 3.63) is 0 Å². The van der Waals surface area contributed by atoms with Gasteiger partial charge in [0.05, 0.1) is 19.8 Å². The summed E-state index contributed by atoms with van der Waals surface area (Å²) in [5.41, 5.74) is 0. The summed E-state index contributed by atoms with van der Waals surface area (Å²) in [6, 6.07) is 0.00449. The van der Waals surface area contributed by atoms with Gasteiger partial charge in [0.2, 0.25) is 0 Å². The number of hydrogen-bond acceptors (Lipinski definition) is 3. The number of morpholine rings is 1. The number of urea groups is 1. The van der Waals surface area contributed by atoms with Gasteiger partial charge in [0.25, 0.3) is 0 Å². The number of nitrogens with zero attached hydrogens (tertiary/aromatic N) is 2. The molecule has 5 nitrogen and oxygen atoms in total. The number of carbonyl (C=O) groups is 1. The van der Waals surface area contributed by atoms with E-state index < -0.39 is 0 Å². The number of likely N-dealkylation sites (N-methyl/N-ethyl adjacent to an activating group) is 1. The summed E-state index contributed by atoms with van der Waals surface area (Å²) in [6.07, 6.45) is 0. The van der Waals surface area contributed by atoms with Crippen LogP contribution in [0.3, 0.4) is 0 Å². The summed E-state index contributed by atoms with van der Waals surface area (Å²) in [7, 11) is 0. The third kappa shape index (κ3) is 2.85. The molecule has 0 aliphatic carbocycles. The lowest BCUT2D eigenvalue weighted by atomic mass is 10.4. The number of hydrogen-bond donors (Lipinski definition) is 1. The molecule has 0 aromatic heterocycles. The van der Waals surface area contributed by atoms with E-state index in [0.717, 1.165) is 0 Å². The van der Waals surface area contributed by atoms with Crippen LogP contribution < -0.4 is 0 Å². The zero-order valence-electron chi connectivity index (χ0n) is 8.61. The van der Waals surface area contributed by atoms with E-state index in [2.05, 4.69) is 0 Å². The molecule has 0 unspecified atom stereocenters. The molecule has 1 N–H and O–H groups in total. The van der Waals surface area contributed by atoms with Crippen molar-refractivity contribution in [2.45, 2.75) is 6.92 Å². The molecule has 1 aliphatic rings. The highest BCUT2D eigenvalue weighted by molar-refractivity contribution is 5.74. The Morgan fingerprint density at radius 2 is 2.14 bits per heavy atom. The van der Waals surface area contributed by atoms with Gasteiger partial charge < -0.3 is 19.6 Å². The maximum Gasteiger partial charge on any atom is 0.320 e. The summed E-state index contributed by atoms with van der Waals surface area (Å²) in [5.74, 6) is 0. The fraction of sp³-hybridized carbons (Fsp3) is 0.889. The second-order valence-corrected chi connectivity index (χ2v) is 3.19. The number of carbonyl (C=O) groups excluding carboxylic acids is 1. The molecular weight excluding hydrogens is 184 g/mol. The lowest BCUT2D eigenvalue weighted by Crippen LogP contribution is -2.48. The van der Waals surface area contributed by atoms with Crippen LogP contribution in [0.4, 0.5) is 4.79 Å². The number of aliphatic hydroxyl groups is 1. The Labute approximate surface area is 84.2 Å². The second kappa shape index (κ2) is 5.82. The van der Waals surface area contributed by atoms with E-state index in [9.17, 15) is 4.79 Å². The fourth-order valence-corrected chi connectivity index (χ4v) is 1.46. The van der Waals surface area contributed by atoms with Crippen molar-refractivity contribution >= 4 is 6.03 Å². The summed E-state index contributed by atoms with van der Waals surface area (Å²) >= 11 is 0. The molecule has 1 fully saturated rings. The maximum absolute atomic E-state index is 11.8. The highest BCUT2D eigenvalue weighted by atomic mass is 16.5. The normalized spacial score (nSPS) is 16.9. The van der Waals surface area contributed by atoms with Gasteiger partial charge in [0.15, 0.2) is 0 Å². The molecule has 0 saturated carbocycles. The van der Waals surface area contributed by atoms with Crippen molar-refractivity contribution in [1.82, 2.24) is 9.80 Å². The molecule has 0 radical (unpaired) electrons. The lowest BCUT2D eigenvalue weighted by molar-refractivity contribution is 0.0423. The van der Waals surface area contributed by atoms with Crippen LogP contribution >= 0.6 is 0 Å². The van der Waals surface area contributed by atoms with E-state index >= 15 is 0 Å². The van der Waals surface area contributed by atoms with E-state index in [-0.39, 0.29) is 12.6 Å². The van der Waals surface area contributed by atoms with Crippen molar-refractivity contribution < 1.29 is 14.6 Å². The molecule has 0 aromatic rings. The summed E-state index contributed by atoms with van der Waals surface area (Å²) in [6.45, 7) is 5.51. The van der Waals surface area contributed by atoms with E-state index in [0.29, 0.717) is 39.4 Å². The number of aliphatic hydroxyl groups excluding tert-OH is 1. The minimum atomic E-state index is 0.00449. The van der Waals surface area contributed by atoms with Crippen LogP contribution in [0.5, 0.6) is 0 Å². The molecule has 1 heterocycles. The third-order valence-electron chi connectivity index (χ3n) is 2.30. The van der Waals surface area contributed by atoms with Gasteiger partial charge in [0, 0.05) is 26.2 Å². The number of ether oxygens (including phenoxy) is 1. The van der Waals surface area contributed by atoms with E-state index in [1.54, 1.807) is 9.80 Å². The monoisotopic (exact) mass is 202 g/mol. The molecule has 82 valence electrons. The maximum atomic E-state index is 11.8. The minimum absolute atomic E-state index is 0.00449. The fourth-order valence-electron chi connectivity index (χ4n) is 1.46. The van der Waals surface area contributed by atoms with Crippen molar-refractivity contribution in [1.29, 1.82) is 0 Å². The van der Waals surface area contributed by atoms with Crippen LogP contribution in [0.15, 0.2) is 0 Å². The summed E-state index contributed by atoms with van der Waals surface area (Å²) in [5, 5.41) is 8.78. The first-order valence-corrected chi connectivity index (χ1v) is 5.02. The predicted molar refractivity (Wildman–Crippen MR) is 52.1 cm³/mol. The second-order valence-electron chi connectivity index (χ2n) is 3.19. The smallest absolute Gasteiger partial charge is 0.320 e. The van der Waals surface area contributed by atoms with Gasteiger partial charge in [-0.15, -0.1) is 0 Å². The molecule has 14 heavy (non-hydrogen) atoms. The van der Waals surface area contributed by atoms with Crippen molar-refractivity contribution in [2.24, 2.45) is 0 Å². The number of rotatable bonds is 3. The van der Waals surface area contributed by atoms with E-state index in [1.165, 1.54) is 0 Å². The molecule has 1 rings (SSSR count). The minimum Gasteiger partial charge on any atom is -0.395 e. The highest BCUT2D eigenvalue weighted by Crippen LogP contribution is 2.02. The molecule has 0 aromatic carbocycles. The van der Waals surface area contributed by atoms with Gasteiger partial charge in [-0.1, -0.05) is 0 Å². The standard InChI is InChI=1S/C9H18N2O3/c1-2-10(3-6-12)9(13)11-4-7-14-8-5-11/h12H,2-8H2,1H3. The molecule has 0 atom stereocenters. The number of amides is 2. The molecule has 1 saturated heterocycles. The van der Waals surface area contributed by atoms with Gasteiger partial charge in [-0.25, -0.2) is 4.79 Å². The molecule has 2 amide bonds. The highest BCUT2D eigenvalue weighted by Gasteiger charge is 2.20. The van der Waals surface area contributed by atoms with Crippen LogP contribution in [0.1, 0.15) is 6.92 Å². The summed E-state index contributed by atoms with van der Waals surface area (Å²) < 4.78 is 5.16. The van der Waals surface area contributed by atoms with Gasteiger partial charge >= 0.3 is 6.03 Å². The predicted octanol–water partition coefficient (Wildman–Crippen LogP) is -0.247. The molecular formula is C9H18N2O3. The third-order valence-corrected chi connectivity index (χ3v) is 2.30. The van der Waals surface area contributed by atoms with E-state index in [1.807, 2.05) is 6.92 Å². The van der Waals surface area contributed by atoms with Gasteiger partial charge in [-0.2, -0.15) is 0 Å². The van der Waals surface area contributed by atoms with Crippen LogP contribution in [-0.4, -0.2) is 66.9 Å². The van der Waals surface area contributed by atoms with Gasteiger partial charge in [-0.3, -0.25) is 0 Å². The van der Waals surface area contributed by atoms with Gasteiger partial charge in [0.1, 0.15) is 0 Å². The van der Waals surface area contributed by atoms with Crippen LogP contribution in [0.25, 0.3) is 0 Å². The largest absolute Gasteiger partial charge is 0.395 e. The Kier molecular flexibility index (Phi) is 4.69. The zero-order chi connectivity index (χ0) is 10.4. The average Bonchev–Trinajstić information content (AvgIpc) is 2.26. The quantitative estimate of drug-likeness (QED) is 0.686. The Balaban J connectivity index is 2.43. The Hall–Kier alpha value is -0.810. The van der Waals surface area contributed by atoms with Crippen LogP contribution in [0.2, 0.25) is 0 Å². The topological polar surface area (TPSA) is 53.0 Å².